The number of benzene rings is 2. The van der Waals surface area contributed by atoms with Gasteiger partial charge in [-0.2, -0.15) is 5.26 Å². The summed E-state index contributed by atoms with van der Waals surface area (Å²) in [5, 5.41) is 9.26. The van der Waals surface area contributed by atoms with E-state index in [2.05, 4.69) is 6.07 Å². The van der Waals surface area contributed by atoms with Gasteiger partial charge in [0.1, 0.15) is 22.9 Å². The molecule has 2 aromatic rings. The molecule has 0 radical (unpaired) electrons. The SMILES string of the molecule is CN1C(=O)C(C)(Cc2cc(F)cc(F)c2)N(C)C(=O)C1=Cc1ccccc1C#N. The maximum absolute atomic E-state index is 13.6. The molecule has 0 bridgehead atoms. The number of likely N-dealkylation sites (N-methyl/N-ethyl adjacent to an activating group) is 2. The van der Waals surface area contributed by atoms with Gasteiger partial charge in [-0.1, -0.05) is 18.2 Å². The molecule has 1 unspecified atom stereocenters. The monoisotopic (exact) mass is 395 g/mol. The Morgan fingerprint density at radius 3 is 2.34 bits per heavy atom. The lowest BCUT2D eigenvalue weighted by Crippen LogP contribution is -2.64. The number of carbonyl (C=O) groups excluding carboxylic acids is 2. The number of halogens is 2. The number of carbonyl (C=O) groups is 2. The van der Waals surface area contributed by atoms with Crippen molar-refractivity contribution in [3.8, 4) is 6.07 Å². The van der Waals surface area contributed by atoms with Gasteiger partial charge in [-0.25, -0.2) is 8.78 Å². The number of piperazine rings is 1. The van der Waals surface area contributed by atoms with Crippen molar-refractivity contribution in [3.05, 3.63) is 76.5 Å². The van der Waals surface area contributed by atoms with E-state index in [-0.39, 0.29) is 17.7 Å². The van der Waals surface area contributed by atoms with Crippen LogP contribution in [0.15, 0.2) is 48.2 Å². The van der Waals surface area contributed by atoms with E-state index in [9.17, 15) is 23.6 Å². The first-order valence-electron chi connectivity index (χ1n) is 8.89. The number of nitriles is 1. The zero-order valence-corrected chi connectivity index (χ0v) is 16.2. The topological polar surface area (TPSA) is 64.4 Å². The molecule has 1 fully saturated rings. The van der Waals surface area contributed by atoms with Gasteiger partial charge in [0.05, 0.1) is 11.6 Å². The van der Waals surface area contributed by atoms with E-state index >= 15 is 0 Å². The predicted octanol–water partition coefficient (Wildman–Crippen LogP) is 3.11. The molecule has 5 nitrogen and oxygen atoms in total. The summed E-state index contributed by atoms with van der Waals surface area (Å²) >= 11 is 0. The van der Waals surface area contributed by atoms with Crippen molar-refractivity contribution in [1.82, 2.24) is 9.80 Å². The molecular weight excluding hydrogens is 376 g/mol. The summed E-state index contributed by atoms with van der Waals surface area (Å²) in [6, 6.07) is 11.8. The lowest BCUT2D eigenvalue weighted by atomic mass is 9.86. The van der Waals surface area contributed by atoms with Crippen molar-refractivity contribution in [2.75, 3.05) is 14.1 Å². The highest BCUT2D eigenvalue weighted by Crippen LogP contribution is 2.31. The van der Waals surface area contributed by atoms with Crippen molar-refractivity contribution >= 4 is 17.9 Å². The Balaban J connectivity index is 2.00. The van der Waals surface area contributed by atoms with E-state index in [4.69, 9.17) is 0 Å². The highest BCUT2D eigenvalue weighted by Gasteiger charge is 2.48. The predicted molar refractivity (Wildman–Crippen MR) is 103 cm³/mol. The fraction of sp³-hybridized carbons (Fsp3) is 0.227. The van der Waals surface area contributed by atoms with Crippen LogP contribution in [0.5, 0.6) is 0 Å². The molecule has 0 saturated carbocycles. The highest BCUT2D eigenvalue weighted by molar-refractivity contribution is 6.08. The van der Waals surface area contributed by atoms with Crippen LogP contribution < -0.4 is 0 Å². The van der Waals surface area contributed by atoms with E-state index in [1.54, 1.807) is 31.2 Å². The van der Waals surface area contributed by atoms with E-state index in [0.29, 0.717) is 11.1 Å². The van der Waals surface area contributed by atoms with Gasteiger partial charge in [0.25, 0.3) is 11.8 Å². The zero-order chi connectivity index (χ0) is 21.3. The second kappa shape index (κ2) is 7.47. The molecule has 0 aliphatic carbocycles. The molecule has 7 heteroatoms. The molecule has 0 spiro atoms. The molecule has 3 rings (SSSR count). The molecule has 2 aromatic carbocycles. The summed E-state index contributed by atoms with van der Waals surface area (Å²) in [6.45, 7) is 1.56. The molecule has 1 atom stereocenters. The maximum atomic E-state index is 13.6. The van der Waals surface area contributed by atoms with Crippen LogP contribution in [0.4, 0.5) is 8.78 Å². The van der Waals surface area contributed by atoms with Gasteiger partial charge < -0.3 is 9.80 Å². The average molecular weight is 395 g/mol. The summed E-state index contributed by atoms with van der Waals surface area (Å²) in [6.07, 6.45) is 1.45. The van der Waals surface area contributed by atoms with E-state index in [1.165, 1.54) is 30.0 Å². The lowest BCUT2D eigenvalue weighted by Gasteiger charge is -2.45. The average Bonchev–Trinajstić information content (AvgIpc) is 2.68. The minimum absolute atomic E-state index is 0.0465. The largest absolute Gasteiger partial charge is 0.326 e. The van der Waals surface area contributed by atoms with Crippen molar-refractivity contribution in [2.24, 2.45) is 0 Å². The third kappa shape index (κ3) is 3.61. The molecule has 1 heterocycles. The Labute approximate surface area is 167 Å². The molecule has 1 aliphatic heterocycles. The van der Waals surface area contributed by atoms with Crippen LogP contribution in [-0.2, 0) is 16.0 Å². The molecule has 1 aliphatic rings. The summed E-state index contributed by atoms with van der Waals surface area (Å²) in [5.41, 5.74) is -0.0446. The molecule has 29 heavy (non-hydrogen) atoms. The third-order valence-electron chi connectivity index (χ3n) is 5.23. The van der Waals surface area contributed by atoms with Crippen molar-refractivity contribution in [3.63, 3.8) is 0 Å². The summed E-state index contributed by atoms with van der Waals surface area (Å²) in [4.78, 5) is 28.7. The Morgan fingerprint density at radius 1 is 1.10 bits per heavy atom. The Hall–Kier alpha value is -3.53. The minimum atomic E-state index is -1.32. The smallest absolute Gasteiger partial charge is 0.271 e. The van der Waals surface area contributed by atoms with Gasteiger partial charge in [0.2, 0.25) is 0 Å². The van der Waals surface area contributed by atoms with E-state index in [1.807, 2.05) is 0 Å². The van der Waals surface area contributed by atoms with Gasteiger partial charge in [0, 0.05) is 26.6 Å². The number of rotatable bonds is 3. The first-order chi connectivity index (χ1) is 13.7. The van der Waals surface area contributed by atoms with Crippen LogP contribution in [0, 0.1) is 23.0 Å². The number of nitrogens with zero attached hydrogens (tertiary/aromatic N) is 3. The van der Waals surface area contributed by atoms with Crippen LogP contribution in [0.1, 0.15) is 23.6 Å². The molecule has 0 aromatic heterocycles. The zero-order valence-electron chi connectivity index (χ0n) is 16.2. The van der Waals surface area contributed by atoms with Crippen molar-refractivity contribution < 1.29 is 18.4 Å². The molecule has 1 saturated heterocycles. The lowest BCUT2D eigenvalue weighted by molar-refractivity contribution is -0.155. The standard InChI is InChI=1S/C22H19F2N3O2/c1-22(12-14-8-17(23)11-18(24)9-14)21(29)26(2)19(20(28)27(22)3)10-15-6-4-5-7-16(15)13-25/h4-11H,12H2,1-3H3. The third-order valence-corrected chi connectivity index (χ3v) is 5.23. The van der Waals surface area contributed by atoms with Crippen molar-refractivity contribution in [2.45, 2.75) is 18.9 Å². The number of hydrogen-bond donors (Lipinski definition) is 0. The van der Waals surface area contributed by atoms with Gasteiger partial charge >= 0.3 is 0 Å². The summed E-state index contributed by atoms with van der Waals surface area (Å²) in [7, 11) is 2.95. The Morgan fingerprint density at radius 2 is 1.72 bits per heavy atom. The number of amides is 2. The Bertz CT molecular complexity index is 1050. The first-order valence-corrected chi connectivity index (χ1v) is 8.89. The quantitative estimate of drug-likeness (QED) is 0.750. The van der Waals surface area contributed by atoms with Gasteiger partial charge in [-0.3, -0.25) is 9.59 Å². The Kier molecular flexibility index (Phi) is 5.21. The van der Waals surface area contributed by atoms with Crippen LogP contribution >= 0.6 is 0 Å². The fourth-order valence-electron chi connectivity index (χ4n) is 3.49. The normalized spacial score (nSPS) is 20.9. The molecule has 0 N–H and O–H groups in total. The van der Waals surface area contributed by atoms with Crippen molar-refractivity contribution in [1.29, 1.82) is 5.26 Å². The second-order valence-electron chi connectivity index (χ2n) is 7.19. The van der Waals surface area contributed by atoms with Gasteiger partial charge in [-0.05, 0) is 42.3 Å². The van der Waals surface area contributed by atoms with Gasteiger partial charge in [0.15, 0.2) is 0 Å². The van der Waals surface area contributed by atoms with E-state index in [0.717, 1.165) is 18.2 Å². The van der Waals surface area contributed by atoms with Gasteiger partial charge in [-0.15, -0.1) is 0 Å². The highest BCUT2D eigenvalue weighted by atomic mass is 19.1. The molecule has 148 valence electrons. The first kappa shape index (κ1) is 20.2. The molecule has 2 amide bonds. The fourth-order valence-corrected chi connectivity index (χ4v) is 3.49. The van der Waals surface area contributed by atoms with Crippen LogP contribution in [-0.4, -0.2) is 41.2 Å². The maximum Gasteiger partial charge on any atom is 0.271 e. The minimum Gasteiger partial charge on any atom is -0.326 e. The molecular formula is C22H19F2N3O2. The second-order valence-corrected chi connectivity index (χ2v) is 7.19. The number of hydrogen-bond acceptors (Lipinski definition) is 3. The van der Waals surface area contributed by atoms with Crippen LogP contribution in [0.25, 0.3) is 6.08 Å². The van der Waals surface area contributed by atoms with Crippen LogP contribution in [0.2, 0.25) is 0 Å². The van der Waals surface area contributed by atoms with Crippen LogP contribution in [0.3, 0.4) is 0 Å². The summed E-state index contributed by atoms with van der Waals surface area (Å²) < 4.78 is 27.2. The summed E-state index contributed by atoms with van der Waals surface area (Å²) in [5.74, 6) is -2.32. The van der Waals surface area contributed by atoms with E-state index < -0.39 is 29.0 Å².